The number of carbonyl (C=O) groups excluding carboxylic acids is 1. The SMILES string of the molecule is Cc1nn(C)c(C(=O)Nc2n[nH]c(C)c2C)c1N. The van der Waals surface area contributed by atoms with Gasteiger partial charge in [0, 0.05) is 18.3 Å². The van der Waals surface area contributed by atoms with Crippen molar-refractivity contribution in [3.63, 3.8) is 0 Å². The van der Waals surface area contributed by atoms with E-state index in [1.807, 2.05) is 13.8 Å². The zero-order valence-electron chi connectivity index (χ0n) is 10.8. The molecule has 0 aromatic carbocycles. The van der Waals surface area contributed by atoms with Gasteiger partial charge in [-0.1, -0.05) is 0 Å². The number of aromatic nitrogens is 4. The van der Waals surface area contributed by atoms with Gasteiger partial charge in [0.25, 0.3) is 5.91 Å². The molecule has 1 amide bonds. The number of hydrogen-bond acceptors (Lipinski definition) is 4. The third-order valence-electron chi connectivity index (χ3n) is 2.97. The second-order valence-electron chi connectivity index (χ2n) is 4.25. The minimum Gasteiger partial charge on any atom is -0.395 e. The van der Waals surface area contributed by atoms with Crippen molar-refractivity contribution in [2.45, 2.75) is 20.8 Å². The van der Waals surface area contributed by atoms with Crippen LogP contribution in [0.4, 0.5) is 11.5 Å². The van der Waals surface area contributed by atoms with E-state index in [-0.39, 0.29) is 5.91 Å². The molecule has 0 unspecified atom stereocenters. The molecule has 4 N–H and O–H groups in total. The second-order valence-corrected chi connectivity index (χ2v) is 4.25. The fourth-order valence-corrected chi connectivity index (χ4v) is 1.72. The molecular weight excluding hydrogens is 232 g/mol. The van der Waals surface area contributed by atoms with Gasteiger partial charge in [0.2, 0.25) is 0 Å². The lowest BCUT2D eigenvalue weighted by molar-refractivity contribution is 0.101. The van der Waals surface area contributed by atoms with Crippen molar-refractivity contribution in [1.29, 1.82) is 0 Å². The molecule has 0 atom stereocenters. The first kappa shape index (κ1) is 12.2. The topological polar surface area (TPSA) is 102 Å². The van der Waals surface area contributed by atoms with Crippen molar-refractivity contribution < 1.29 is 4.79 Å². The Labute approximate surface area is 104 Å². The van der Waals surface area contributed by atoms with Crippen LogP contribution in [0.5, 0.6) is 0 Å². The van der Waals surface area contributed by atoms with Gasteiger partial charge in [-0.3, -0.25) is 14.6 Å². The van der Waals surface area contributed by atoms with Gasteiger partial charge in [0.05, 0.1) is 11.4 Å². The van der Waals surface area contributed by atoms with Crippen LogP contribution < -0.4 is 11.1 Å². The smallest absolute Gasteiger partial charge is 0.277 e. The molecular formula is C11H16N6O. The number of carbonyl (C=O) groups is 1. The van der Waals surface area contributed by atoms with E-state index in [2.05, 4.69) is 20.6 Å². The highest BCUT2D eigenvalue weighted by Crippen LogP contribution is 2.19. The number of nitrogens with one attached hydrogen (secondary N) is 2. The van der Waals surface area contributed by atoms with E-state index in [1.54, 1.807) is 14.0 Å². The van der Waals surface area contributed by atoms with Crippen molar-refractivity contribution in [1.82, 2.24) is 20.0 Å². The van der Waals surface area contributed by atoms with Crippen molar-refractivity contribution in [3.8, 4) is 0 Å². The Kier molecular flexibility index (Phi) is 2.82. The summed E-state index contributed by atoms with van der Waals surface area (Å²) in [6.45, 7) is 5.53. The fourth-order valence-electron chi connectivity index (χ4n) is 1.72. The van der Waals surface area contributed by atoms with E-state index in [1.165, 1.54) is 4.68 Å². The van der Waals surface area contributed by atoms with Gasteiger partial charge >= 0.3 is 0 Å². The highest BCUT2D eigenvalue weighted by molar-refractivity contribution is 6.06. The van der Waals surface area contributed by atoms with E-state index < -0.39 is 0 Å². The Morgan fingerprint density at radius 1 is 1.39 bits per heavy atom. The molecule has 0 radical (unpaired) electrons. The molecule has 2 aromatic heterocycles. The molecule has 0 saturated carbocycles. The lowest BCUT2D eigenvalue weighted by Gasteiger charge is -2.04. The van der Waals surface area contributed by atoms with Crippen LogP contribution in [0.2, 0.25) is 0 Å². The molecule has 0 bridgehead atoms. The number of nitrogen functional groups attached to an aromatic ring is 1. The number of anilines is 2. The molecule has 7 nitrogen and oxygen atoms in total. The van der Waals surface area contributed by atoms with Crippen LogP contribution in [-0.4, -0.2) is 25.9 Å². The van der Waals surface area contributed by atoms with Crippen LogP contribution in [0.15, 0.2) is 0 Å². The van der Waals surface area contributed by atoms with Crippen molar-refractivity contribution >= 4 is 17.4 Å². The Morgan fingerprint density at radius 2 is 2.06 bits per heavy atom. The highest BCUT2D eigenvalue weighted by atomic mass is 16.2. The molecule has 96 valence electrons. The zero-order chi connectivity index (χ0) is 13.4. The second kappa shape index (κ2) is 4.17. The number of nitrogens with zero attached hydrogens (tertiary/aromatic N) is 3. The van der Waals surface area contributed by atoms with Crippen LogP contribution in [0, 0.1) is 20.8 Å². The molecule has 18 heavy (non-hydrogen) atoms. The van der Waals surface area contributed by atoms with E-state index >= 15 is 0 Å². The Bertz CT molecular complexity index is 609. The number of rotatable bonds is 2. The average Bonchev–Trinajstić information content (AvgIpc) is 2.73. The molecule has 7 heteroatoms. The lowest BCUT2D eigenvalue weighted by atomic mass is 10.2. The number of nitrogens with two attached hydrogens (primary N) is 1. The number of H-pyrrole nitrogens is 1. The Morgan fingerprint density at radius 3 is 2.50 bits per heavy atom. The minimum atomic E-state index is -0.315. The number of amides is 1. The predicted octanol–water partition coefficient (Wildman–Crippen LogP) is 0.903. The third kappa shape index (κ3) is 1.83. The van der Waals surface area contributed by atoms with Gasteiger partial charge in [-0.2, -0.15) is 10.2 Å². The van der Waals surface area contributed by atoms with E-state index in [0.29, 0.717) is 22.9 Å². The first-order valence-electron chi connectivity index (χ1n) is 5.53. The minimum absolute atomic E-state index is 0.315. The van der Waals surface area contributed by atoms with Gasteiger partial charge in [0.15, 0.2) is 5.82 Å². The van der Waals surface area contributed by atoms with Gasteiger partial charge in [0.1, 0.15) is 5.69 Å². The lowest BCUT2D eigenvalue weighted by Crippen LogP contribution is -2.18. The molecule has 0 aliphatic rings. The average molecular weight is 248 g/mol. The van der Waals surface area contributed by atoms with Crippen molar-refractivity contribution in [2.75, 3.05) is 11.1 Å². The highest BCUT2D eigenvalue weighted by Gasteiger charge is 2.19. The van der Waals surface area contributed by atoms with Gasteiger partial charge in [-0.25, -0.2) is 0 Å². The first-order valence-corrected chi connectivity index (χ1v) is 5.53. The largest absolute Gasteiger partial charge is 0.395 e. The summed E-state index contributed by atoms with van der Waals surface area (Å²) in [7, 11) is 1.68. The number of aromatic amines is 1. The van der Waals surface area contributed by atoms with Crippen LogP contribution in [-0.2, 0) is 7.05 Å². The monoisotopic (exact) mass is 248 g/mol. The molecule has 2 rings (SSSR count). The summed E-state index contributed by atoms with van der Waals surface area (Å²) < 4.78 is 1.47. The molecule has 0 aliphatic heterocycles. The summed E-state index contributed by atoms with van der Waals surface area (Å²) in [6.07, 6.45) is 0. The quantitative estimate of drug-likeness (QED) is 0.734. The fraction of sp³-hybridized carbons (Fsp3) is 0.364. The van der Waals surface area contributed by atoms with Crippen LogP contribution in [0.3, 0.4) is 0 Å². The molecule has 0 aliphatic carbocycles. The maximum absolute atomic E-state index is 12.1. The Balaban J connectivity index is 2.30. The maximum Gasteiger partial charge on any atom is 0.277 e. The number of hydrogen-bond donors (Lipinski definition) is 3. The maximum atomic E-state index is 12.1. The van der Waals surface area contributed by atoms with Crippen LogP contribution in [0.25, 0.3) is 0 Å². The molecule has 2 heterocycles. The molecule has 0 saturated heterocycles. The standard InChI is InChI=1S/C11H16N6O/c1-5-6(2)14-15-10(5)13-11(18)9-8(12)7(3)16-17(9)4/h12H2,1-4H3,(H2,13,14,15,18). The summed E-state index contributed by atoms with van der Waals surface area (Å²) in [5.74, 6) is 0.195. The summed E-state index contributed by atoms with van der Waals surface area (Å²) in [5.41, 5.74) is 9.01. The Hall–Kier alpha value is -2.31. The zero-order valence-corrected chi connectivity index (χ0v) is 10.8. The molecule has 0 fully saturated rings. The molecule has 0 spiro atoms. The van der Waals surface area contributed by atoms with E-state index in [9.17, 15) is 4.79 Å². The predicted molar refractivity (Wildman–Crippen MR) is 68.4 cm³/mol. The van der Waals surface area contributed by atoms with Gasteiger partial charge < -0.3 is 11.1 Å². The summed E-state index contributed by atoms with van der Waals surface area (Å²) in [6, 6.07) is 0. The van der Waals surface area contributed by atoms with Crippen LogP contribution in [0.1, 0.15) is 27.4 Å². The first-order chi connectivity index (χ1) is 8.41. The van der Waals surface area contributed by atoms with Crippen molar-refractivity contribution in [2.24, 2.45) is 7.05 Å². The van der Waals surface area contributed by atoms with E-state index in [4.69, 9.17) is 5.73 Å². The molecule has 2 aromatic rings. The van der Waals surface area contributed by atoms with Gasteiger partial charge in [-0.05, 0) is 20.8 Å². The van der Waals surface area contributed by atoms with E-state index in [0.717, 1.165) is 11.3 Å². The van der Waals surface area contributed by atoms with Crippen molar-refractivity contribution in [3.05, 3.63) is 22.6 Å². The normalized spacial score (nSPS) is 10.7. The summed E-state index contributed by atoms with van der Waals surface area (Å²) in [5, 5.41) is 13.7. The third-order valence-corrected chi connectivity index (χ3v) is 2.97. The van der Waals surface area contributed by atoms with Crippen LogP contribution >= 0.6 is 0 Å². The summed E-state index contributed by atoms with van der Waals surface area (Å²) >= 11 is 0. The number of aryl methyl sites for hydroxylation is 3. The van der Waals surface area contributed by atoms with Gasteiger partial charge in [-0.15, -0.1) is 0 Å². The summed E-state index contributed by atoms with van der Waals surface area (Å²) in [4.78, 5) is 12.1.